The highest BCUT2D eigenvalue weighted by atomic mass is 35.5. The van der Waals surface area contributed by atoms with Crippen molar-refractivity contribution in [2.45, 2.75) is 6.92 Å². The van der Waals surface area contributed by atoms with E-state index >= 15 is 0 Å². The van der Waals surface area contributed by atoms with Crippen LogP contribution in [0.2, 0.25) is 5.02 Å². The van der Waals surface area contributed by atoms with Gasteiger partial charge in [0.05, 0.1) is 11.4 Å². The zero-order valence-corrected chi connectivity index (χ0v) is 13.4. The highest BCUT2D eigenvalue weighted by molar-refractivity contribution is 7.08. The fraction of sp³-hybridized carbons (Fsp3) is 0.0588. The van der Waals surface area contributed by atoms with Gasteiger partial charge in [-0.05, 0) is 42.1 Å². The third-order valence-electron chi connectivity index (χ3n) is 3.62. The third kappa shape index (κ3) is 2.12. The van der Waals surface area contributed by atoms with E-state index in [1.807, 2.05) is 48.0 Å². The monoisotopic (exact) mass is 325 g/mol. The van der Waals surface area contributed by atoms with Gasteiger partial charge in [0.1, 0.15) is 0 Å². The Kier molecular flexibility index (Phi) is 3.21. The fourth-order valence-electron chi connectivity index (χ4n) is 2.66. The normalized spacial score (nSPS) is 11.2. The Morgan fingerprint density at radius 2 is 2.05 bits per heavy atom. The van der Waals surface area contributed by atoms with Crippen LogP contribution < -0.4 is 0 Å². The molecule has 3 aromatic heterocycles. The Morgan fingerprint density at radius 3 is 2.82 bits per heavy atom. The van der Waals surface area contributed by atoms with Gasteiger partial charge in [0.2, 0.25) is 0 Å². The van der Waals surface area contributed by atoms with Gasteiger partial charge in [0.15, 0.2) is 5.65 Å². The maximum absolute atomic E-state index is 6.13. The van der Waals surface area contributed by atoms with Crippen LogP contribution >= 0.6 is 22.9 Å². The van der Waals surface area contributed by atoms with Crippen molar-refractivity contribution in [2.75, 3.05) is 0 Å². The number of hydrogen-bond acceptors (Lipinski definition) is 3. The molecule has 0 amide bonds. The van der Waals surface area contributed by atoms with Crippen LogP contribution in [-0.2, 0) is 0 Å². The molecule has 0 aliphatic heterocycles. The van der Waals surface area contributed by atoms with Gasteiger partial charge in [0, 0.05) is 27.7 Å². The van der Waals surface area contributed by atoms with Gasteiger partial charge in [0.25, 0.3) is 0 Å². The van der Waals surface area contributed by atoms with Crippen molar-refractivity contribution in [1.29, 1.82) is 0 Å². The number of fused-ring (bicyclic) bond motifs is 1. The summed E-state index contributed by atoms with van der Waals surface area (Å²) in [6.45, 7) is 2.00. The highest BCUT2D eigenvalue weighted by Gasteiger charge is 2.15. The molecule has 0 saturated heterocycles. The Morgan fingerprint density at radius 1 is 1.14 bits per heavy atom. The average Bonchev–Trinajstić information content (AvgIpc) is 3.13. The first-order valence-corrected chi connectivity index (χ1v) is 8.19. The first-order chi connectivity index (χ1) is 10.7. The van der Waals surface area contributed by atoms with Crippen LogP contribution in [0.25, 0.3) is 28.0 Å². The predicted molar refractivity (Wildman–Crippen MR) is 91.5 cm³/mol. The Hall–Kier alpha value is -2.17. The van der Waals surface area contributed by atoms with E-state index in [1.165, 1.54) is 0 Å². The summed E-state index contributed by atoms with van der Waals surface area (Å²) in [5.41, 5.74) is 6.05. The summed E-state index contributed by atoms with van der Waals surface area (Å²) < 4.78 is 1.91. The summed E-state index contributed by atoms with van der Waals surface area (Å²) in [6, 6.07) is 11.9. The molecular formula is C17H12ClN3S. The number of thiophene rings is 1. The van der Waals surface area contributed by atoms with Gasteiger partial charge < -0.3 is 0 Å². The molecule has 0 fully saturated rings. The minimum absolute atomic E-state index is 0.713. The largest absolute Gasteiger partial charge is 0.236 e. The second-order valence-corrected chi connectivity index (χ2v) is 6.26. The second-order valence-electron chi connectivity index (χ2n) is 5.05. The van der Waals surface area contributed by atoms with Crippen LogP contribution in [0.3, 0.4) is 0 Å². The first kappa shape index (κ1) is 13.5. The quantitative estimate of drug-likeness (QED) is 0.514. The third-order valence-corrected chi connectivity index (χ3v) is 4.54. The molecule has 0 unspecified atom stereocenters. The zero-order chi connectivity index (χ0) is 15.1. The van der Waals surface area contributed by atoms with Crippen molar-refractivity contribution < 1.29 is 0 Å². The molecule has 3 nitrogen and oxygen atoms in total. The Bertz CT molecular complexity index is 957. The summed E-state index contributed by atoms with van der Waals surface area (Å²) in [5.74, 6) is 0. The minimum atomic E-state index is 0.713. The van der Waals surface area contributed by atoms with E-state index in [0.717, 1.165) is 33.7 Å². The molecule has 3 heterocycles. The molecule has 5 heteroatoms. The van der Waals surface area contributed by atoms with Gasteiger partial charge in [-0.1, -0.05) is 23.7 Å². The molecule has 4 aromatic rings. The number of aromatic nitrogens is 3. The molecule has 0 saturated carbocycles. The van der Waals surface area contributed by atoms with Crippen molar-refractivity contribution in [3.8, 4) is 22.4 Å². The van der Waals surface area contributed by atoms with Crippen LogP contribution in [0, 0.1) is 6.92 Å². The molecule has 1 aromatic carbocycles. The summed E-state index contributed by atoms with van der Waals surface area (Å²) in [4.78, 5) is 4.54. The number of halogens is 1. The number of rotatable bonds is 2. The number of benzene rings is 1. The maximum atomic E-state index is 6.13. The van der Waals surface area contributed by atoms with Crippen LogP contribution in [0.5, 0.6) is 0 Å². The van der Waals surface area contributed by atoms with Gasteiger partial charge in [-0.15, -0.1) is 0 Å². The summed E-state index contributed by atoms with van der Waals surface area (Å²) in [6.07, 6.45) is 1.83. The predicted octanol–water partition coefficient (Wildman–Crippen LogP) is 5.09. The molecule has 0 bridgehead atoms. The molecule has 0 atom stereocenters. The standard InChI is InChI=1S/C17H12ClN3S/c1-11-16(12-3-2-4-14(18)9-12)17-19-7-5-15(21(17)20-11)13-6-8-22-10-13/h2-10H,1H3. The molecule has 108 valence electrons. The summed E-state index contributed by atoms with van der Waals surface area (Å²) in [7, 11) is 0. The van der Waals surface area contributed by atoms with E-state index in [-0.39, 0.29) is 0 Å². The molecule has 0 N–H and O–H groups in total. The van der Waals surface area contributed by atoms with E-state index in [2.05, 4.69) is 21.8 Å². The van der Waals surface area contributed by atoms with E-state index in [4.69, 9.17) is 16.7 Å². The minimum Gasteiger partial charge on any atom is -0.236 e. The lowest BCUT2D eigenvalue weighted by Crippen LogP contribution is -1.94. The van der Waals surface area contributed by atoms with Crippen LogP contribution in [0.4, 0.5) is 0 Å². The van der Waals surface area contributed by atoms with Gasteiger partial charge in [-0.2, -0.15) is 16.4 Å². The molecule has 4 rings (SSSR count). The molecular weight excluding hydrogens is 314 g/mol. The van der Waals surface area contributed by atoms with Crippen LogP contribution in [0.1, 0.15) is 5.69 Å². The lowest BCUT2D eigenvalue weighted by molar-refractivity contribution is 0.925. The maximum Gasteiger partial charge on any atom is 0.163 e. The van der Waals surface area contributed by atoms with Crippen molar-refractivity contribution in [2.24, 2.45) is 0 Å². The summed E-state index contributed by atoms with van der Waals surface area (Å²) in [5, 5.41) is 9.59. The van der Waals surface area contributed by atoms with E-state index in [1.54, 1.807) is 11.3 Å². The molecule has 0 radical (unpaired) electrons. The van der Waals surface area contributed by atoms with Crippen molar-refractivity contribution in [1.82, 2.24) is 14.6 Å². The topological polar surface area (TPSA) is 30.2 Å². The van der Waals surface area contributed by atoms with Crippen molar-refractivity contribution >= 4 is 28.6 Å². The average molecular weight is 326 g/mol. The molecule has 0 aliphatic rings. The molecule has 0 aliphatic carbocycles. The Balaban J connectivity index is 2.02. The lowest BCUT2D eigenvalue weighted by atomic mass is 10.1. The van der Waals surface area contributed by atoms with E-state index in [9.17, 15) is 0 Å². The van der Waals surface area contributed by atoms with Crippen LogP contribution in [-0.4, -0.2) is 14.6 Å². The molecule has 22 heavy (non-hydrogen) atoms. The number of hydrogen-bond donors (Lipinski definition) is 0. The van der Waals surface area contributed by atoms with Crippen LogP contribution in [0.15, 0.2) is 53.4 Å². The molecule has 0 spiro atoms. The number of aryl methyl sites for hydroxylation is 1. The van der Waals surface area contributed by atoms with Gasteiger partial charge in [-0.3, -0.25) is 0 Å². The van der Waals surface area contributed by atoms with E-state index < -0.39 is 0 Å². The number of nitrogens with zero attached hydrogens (tertiary/aromatic N) is 3. The highest BCUT2D eigenvalue weighted by Crippen LogP contribution is 2.31. The summed E-state index contributed by atoms with van der Waals surface area (Å²) >= 11 is 7.80. The van der Waals surface area contributed by atoms with Gasteiger partial charge in [-0.25, -0.2) is 9.50 Å². The SMILES string of the molecule is Cc1nn2c(-c3ccsc3)ccnc2c1-c1cccc(Cl)c1. The van der Waals surface area contributed by atoms with Gasteiger partial charge >= 0.3 is 0 Å². The fourth-order valence-corrected chi connectivity index (χ4v) is 3.50. The second kappa shape index (κ2) is 5.23. The first-order valence-electron chi connectivity index (χ1n) is 6.87. The smallest absolute Gasteiger partial charge is 0.163 e. The van der Waals surface area contributed by atoms with Crippen molar-refractivity contribution in [3.63, 3.8) is 0 Å². The van der Waals surface area contributed by atoms with Crippen molar-refractivity contribution in [3.05, 3.63) is 64.1 Å². The Labute approximate surface area is 136 Å². The van der Waals surface area contributed by atoms with E-state index in [0.29, 0.717) is 5.02 Å². The lowest BCUT2D eigenvalue weighted by Gasteiger charge is -2.03. The zero-order valence-electron chi connectivity index (χ0n) is 11.8.